The monoisotopic (exact) mass is 1460 g/mol. The third-order valence-electron chi connectivity index (χ3n) is 18.4. The second-order valence-corrected chi connectivity index (χ2v) is 27.5. The van der Waals surface area contributed by atoms with E-state index in [9.17, 15) is 14.4 Å². The zero-order valence-corrected chi connectivity index (χ0v) is 60.1. The highest BCUT2D eigenvalue weighted by molar-refractivity contribution is 7.48. The first-order valence-corrected chi connectivity index (χ1v) is 36.1. The number of carbonyl (C=O) groups is 2. The smallest absolute Gasteiger partial charge is 0.475 e. The molecule has 2 aliphatic heterocycles. The zero-order chi connectivity index (χ0) is 73.2. The molecule has 25 nitrogen and oxygen atoms in total. The molecule has 1 unspecified atom stereocenters. The Balaban J connectivity index is 0.905. The Bertz CT molecular complexity index is 4860. The van der Waals surface area contributed by atoms with E-state index < -0.39 is 92.5 Å². The minimum Gasteiger partial charge on any atom is -0.497 e. The maximum atomic E-state index is 16.3. The lowest BCUT2D eigenvalue weighted by Gasteiger charge is -2.40. The van der Waals surface area contributed by atoms with Crippen LogP contribution < -0.4 is 35.1 Å². The first kappa shape index (κ1) is 72.8. The summed E-state index contributed by atoms with van der Waals surface area (Å²) in [5.41, 5.74) is 1.40. The summed E-state index contributed by atoms with van der Waals surface area (Å²) < 4.78 is 96.4. The molecule has 2 amide bonds. The molecule has 13 rings (SSSR count). The van der Waals surface area contributed by atoms with Crippen LogP contribution >= 0.6 is 19.2 Å². The van der Waals surface area contributed by atoms with Gasteiger partial charge in [-0.15, -0.1) is 11.3 Å². The Morgan fingerprint density at radius 3 is 1.74 bits per heavy atom. The van der Waals surface area contributed by atoms with Gasteiger partial charge in [0, 0.05) is 30.4 Å². The number of ether oxygens (including phenoxy) is 9. The van der Waals surface area contributed by atoms with Crippen molar-refractivity contribution in [3.8, 4) is 23.0 Å². The molecule has 8 atom stereocenters. The van der Waals surface area contributed by atoms with Crippen molar-refractivity contribution in [1.82, 2.24) is 29.5 Å². The van der Waals surface area contributed by atoms with E-state index in [2.05, 4.69) is 30.4 Å². The van der Waals surface area contributed by atoms with Crippen LogP contribution in [0.4, 0.5) is 11.8 Å². The number of aromatic amines is 1. The molecule has 2 saturated heterocycles. The molecule has 0 bridgehead atoms. The number of imidazole rings is 1. The number of nitrogens with zero attached hydrogens (tertiary/aromatic N) is 6. The fourth-order valence-electron chi connectivity index (χ4n) is 13.2. The Morgan fingerprint density at radius 2 is 1.20 bits per heavy atom. The molecule has 0 radical (unpaired) electrons. The number of methoxy groups -OCH3 is 5. The molecule has 6 heterocycles. The van der Waals surface area contributed by atoms with Gasteiger partial charge in [0.1, 0.15) is 83.5 Å². The van der Waals surface area contributed by atoms with E-state index in [1.54, 1.807) is 66.6 Å². The molecular weight excluding hydrogens is 1380 g/mol. The van der Waals surface area contributed by atoms with E-state index in [1.165, 1.54) is 35.7 Å². The highest BCUT2D eigenvalue weighted by Gasteiger charge is 2.54. The highest BCUT2D eigenvalue weighted by atomic mass is 32.1. The summed E-state index contributed by atoms with van der Waals surface area (Å²) in [7, 11) is 2.85. The summed E-state index contributed by atoms with van der Waals surface area (Å²) in [6.07, 6.45) is -5.30. The van der Waals surface area contributed by atoms with Crippen LogP contribution in [0.25, 0.3) is 26.9 Å². The van der Waals surface area contributed by atoms with E-state index in [-0.39, 0.29) is 48.4 Å². The summed E-state index contributed by atoms with van der Waals surface area (Å²) in [6.45, 7) is 9.77. The molecule has 0 spiro atoms. The van der Waals surface area contributed by atoms with Gasteiger partial charge in [0.2, 0.25) is 18.4 Å². The summed E-state index contributed by atoms with van der Waals surface area (Å²) in [5.74, 6) is 1.24. The van der Waals surface area contributed by atoms with E-state index in [1.807, 2.05) is 169 Å². The van der Waals surface area contributed by atoms with Gasteiger partial charge >= 0.3 is 7.82 Å². The normalized spacial score (nSPS) is 18.7. The number of anilines is 2. The molecule has 7 aromatic carbocycles. The van der Waals surface area contributed by atoms with Gasteiger partial charge in [-0.05, 0) is 94.0 Å². The minimum atomic E-state index is -4.95. The number of hydrogen-bond donors (Lipinski definition) is 3. The van der Waals surface area contributed by atoms with Crippen LogP contribution in [0.1, 0.15) is 81.2 Å². The lowest BCUT2D eigenvalue weighted by molar-refractivity contribution is -0.126. The standard InChI is InChI=1S/C78H76N9O16PS/c1-48(2)72(88)85-76-84-71-66(74(90)86-76)82-47-87(71)75-68(102-78(51-22-16-11-17-23-51,54-28-36-58(94-6)37-29-54)55-30-38-59(95-7)39-31-55)67(96-8)64(101-75)44-99-104(91,98-41-40-79-3)103-61-42-62(69-65-60(45-105-69)70(81-46-80-65)83-73(89)49-18-12-9-13-19-49)100-63(61)43-97-77(50-20-14-10-15-21-50,52-24-32-56(92-4)33-25-52)53-26-34-57(93-5)35-27-53/h9-39,45-48,61-64,67-68,75H,40-44H2,1-2,4-8H3,(H,80,81,83,89)(H2,84,85,86,88,90)/t61-,62+,63+,64+,67+,68+,75+,104?/m0/s1. The third kappa shape index (κ3) is 15.1. The van der Waals surface area contributed by atoms with Crippen molar-refractivity contribution >= 4 is 64.8 Å². The van der Waals surface area contributed by atoms with Crippen LogP contribution in [0.5, 0.6) is 23.0 Å². The predicted molar refractivity (Wildman–Crippen MR) is 392 cm³/mol. The molecule has 0 saturated carbocycles. The topological polar surface area (TPSA) is 280 Å². The number of hydrogen-bond acceptors (Lipinski definition) is 21. The van der Waals surface area contributed by atoms with Gasteiger partial charge in [-0.3, -0.25) is 42.8 Å². The number of H-pyrrole nitrogens is 1. The van der Waals surface area contributed by atoms with Crippen LogP contribution in [0.2, 0.25) is 0 Å². The van der Waals surface area contributed by atoms with E-state index in [0.717, 1.165) is 16.7 Å². The quantitative estimate of drug-likeness (QED) is 0.0163. The average molecular weight is 1460 g/mol. The molecule has 4 aromatic heterocycles. The molecule has 2 aliphatic rings. The van der Waals surface area contributed by atoms with Crippen LogP contribution in [-0.4, -0.2) is 134 Å². The number of nitrogens with one attached hydrogen (secondary N) is 3. The number of carbonyl (C=O) groups excluding carboxylic acids is 2. The summed E-state index contributed by atoms with van der Waals surface area (Å²) >= 11 is 1.33. The van der Waals surface area contributed by atoms with Crippen molar-refractivity contribution in [2.45, 2.75) is 74.3 Å². The second-order valence-electron chi connectivity index (χ2n) is 25.0. The van der Waals surface area contributed by atoms with Crippen LogP contribution in [0.15, 0.2) is 211 Å². The number of amides is 2. The second kappa shape index (κ2) is 32.2. The zero-order valence-electron chi connectivity index (χ0n) is 58.4. The van der Waals surface area contributed by atoms with Gasteiger partial charge in [0.25, 0.3) is 11.5 Å². The largest absolute Gasteiger partial charge is 0.497 e. The molecular formula is C78H76N9O16PS. The Kier molecular flexibility index (Phi) is 22.3. The van der Waals surface area contributed by atoms with Crippen LogP contribution in [0.3, 0.4) is 0 Å². The fraction of sp³-hybridized carbons (Fsp3) is 0.282. The van der Waals surface area contributed by atoms with E-state index >= 15 is 4.57 Å². The van der Waals surface area contributed by atoms with Gasteiger partial charge < -0.3 is 52.8 Å². The number of fused-ring (bicyclic) bond motifs is 2. The number of benzene rings is 7. The number of phosphoric ester groups is 1. The fourth-order valence-corrected chi connectivity index (χ4v) is 15.6. The Morgan fingerprint density at radius 1 is 0.657 bits per heavy atom. The van der Waals surface area contributed by atoms with Crippen molar-refractivity contribution in [3.05, 3.63) is 272 Å². The number of rotatable bonds is 30. The van der Waals surface area contributed by atoms with E-state index in [4.69, 9.17) is 72.7 Å². The SMILES string of the molecule is [C-]#[N+]CCOP(=O)(OC[C@H]1O[C@@H](n2cnc3c(=O)[nH]c(NC(=O)C(C)C)nc32)[C@H](OC(c2ccccc2)(c2ccc(OC)cc2)c2ccc(OC)cc2)[C@@H]1OC)O[C@H]1C[C@H](c2scc3c(NC(=O)c4ccccc4)ncnc23)O[C@@H]1COC(c1ccccc1)(c1ccc(OC)cc1)c1ccc(OC)cc1. The van der Waals surface area contributed by atoms with Gasteiger partial charge in [-0.25, -0.2) is 26.1 Å². The van der Waals surface area contributed by atoms with Crippen molar-refractivity contribution in [3.63, 3.8) is 0 Å². The average Bonchev–Trinajstić information content (AvgIpc) is 1.72. The molecule has 105 heavy (non-hydrogen) atoms. The van der Waals surface area contributed by atoms with Gasteiger partial charge in [-0.2, -0.15) is 4.98 Å². The van der Waals surface area contributed by atoms with Gasteiger partial charge in [0.15, 0.2) is 17.4 Å². The van der Waals surface area contributed by atoms with Crippen molar-refractivity contribution in [2.75, 3.05) is 72.5 Å². The predicted octanol–water partition coefficient (Wildman–Crippen LogP) is 13.3. The maximum absolute atomic E-state index is 16.3. The van der Waals surface area contributed by atoms with Crippen LogP contribution in [0, 0.1) is 12.5 Å². The lowest BCUT2D eigenvalue weighted by atomic mass is 9.79. The number of aromatic nitrogens is 6. The summed E-state index contributed by atoms with van der Waals surface area (Å²) in [5, 5.41) is 8.04. The van der Waals surface area contributed by atoms with Crippen molar-refractivity contribution in [2.24, 2.45) is 5.92 Å². The molecule has 2 fully saturated rings. The Hall–Kier alpha value is -10.5. The summed E-state index contributed by atoms with van der Waals surface area (Å²) in [4.78, 5) is 66.1. The summed E-state index contributed by atoms with van der Waals surface area (Å²) in [6, 6.07) is 58.0. The van der Waals surface area contributed by atoms with Crippen LogP contribution in [-0.2, 0) is 57.8 Å². The maximum Gasteiger partial charge on any atom is 0.475 e. The molecule has 0 aliphatic carbocycles. The molecule has 540 valence electrons. The number of thiophene rings is 1. The lowest BCUT2D eigenvalue weighted by Crippen LogP contribution is -2.45. The Labute approximate surface area is 609 Å². The first-order valence-electron chi connectivity index (χ1n) is 33.7. The molecule has 11 aromatic rings. The number of phosphoric acid groups is 1. The molecule has 27 heteroatoms. The van der Waals surface area contributed by atoms with Crippen molar-refractivity contribution < 1.29 is 70.4 Å². The first-order chi connectivity index (χ1) is 51.1. The van der Waals surface area contributed by atoms with Gasteiger partial charge in [0.05, 0.1) is 69.9 Å². The van der Waals surface area contributed by atoms with Gasteiger partial charge in [-0.1, -0.05) is 141 Å². The highest BCUT2D eigenvalue weighted by Crippen LogP contribution is 2.56. The third-order valence-corrected chi connectivity index (χ3v) is 21.0. The minimum absolute atomic E-state index is 0.000899. The van der Waals surface area contributed by atoms with Crippen molar-refractivity contribution in [1.29, 1.82) is 0 Å². The molecule has 3 N–H and O–H groups in total. The van der Waals surface area contributed by atoms with E-state index in [0.29, 0.717) is 61.0 Å².